The molecule has 0 unspecified atom stereocenters. The van der Waals surface area contributed by atoms with Gasteiger partial charge in [-0.05, 0) is 30.2 Å². The van der Waals surface area contributed by atoms with Crippen molar-refractivity contribution < 1.29 is 14.2 Å². The number of benzene rings is 1. The summed E-state index contributed by atoms with van der Waals surface area (Å²) in [6, 6.07) is 4.49. The summed E-state index contributed by atoms with van der Waals surface area (Å²) in [7, 11) is 0. The molecular formula is C10H11FO2. The second-order valence-corrected chi connectivity index (χ2v) is 3.32. The summed E-state index contributed by atoms with van der Waals surface area (Å²) in [6.45, 7) is 0.616. The third-order valence-corrected chi connectivity index (χ3v) is 2.26. The normalized spacial score (nSPS) is 20.6. The van der Waals surface area contributed by atoms with Crippen LogP contribution >= 0.6 is 0 Å². The van der Waals surface area contributed by atoms with E-state index in [1.165, 1.54) is 12.1 Å². The van der Waals surface area contributed by atoms with E-state index in [9.17, 15) is 4.39 Å². The molecule has 1 N–H and O–H groups in total. The van der Waals surface area contributed by atoms with Crippen molar-refractivity contribution in [1.29, 1.82) is 0 Å². The summed E-state index contributed by atoms with van der Waals surface area (Å²) in [5.74, 6) is 0.598. The lowest BCUT2D eigenvalue weighted by atomic mass is 9.97. The van der Waals surface area contributed by atoms with Crippen molar-refractivity contribution >= 4 is 0 Å². The van der Waals surface area contributed by atoms with E-state index in [4.69, 9.17) is 9.84 Å². The zero-order chi connectivity index (χ0) is 9.26. The van der Waals surface area contributed by atoms with E-state index < -0.39 is 0 Å². The highest BCUT2D eigenvalue weighted by atomic mass is 19.1. The lowest BCUT2D eigenvalue weighted by molar-refractivity contribution is 0.146. The van der Waals surface area contributed by atoms with Crippen LogP contribution in [-0.4, -0.2) is 18.3 Å². The second kappa shape index (κ2) is 3.34. The molecule has 0 aromatic heterocycles. The van der Waals surface area contributed by atoms with Crippen LogP contribution in [0.5, 0.6) is 5.75 Å². The smallest absolute Gasteiger partial charge is 0.123 e. The molecule has 2 rings (SSSR count). The molecule has 1 heterocycles. The van der Waals surface area contributed by atoms with E-state index in [2.05, 4.69) is 0 Å². The van der Waals surface area contributed by atoms with Crippen LogP contribution in [0.2, 0.25) is 0 Å². The quantitative estimate of drug-likeness (QED) is 0.710. The monoisotopic (exact) mass is 182 g/mol. The van der Waals surface area contributed by atoms with Crippen molar-refractivity contribution in [2.75, 3.05) is 13.2 Å². The van der Waals surface area contributed by atoms with E-state index in [1.807, 2.05) is 0 Å². The van der Waals surface area contributed by atoms with Crippen molar-refractivity contribution in [3.8, 4) is 5.75 Å². The Labute approximate surface area is 76.0 Å². The first-order chi connectivity index (χ1) is 6.29. The Morgan fingerprint density at radius 1 is 1.54 bits per heavy atom. The fourth-order valence-electron chi connectivity index (χ4n) is 1.54. The van der Waals surface area contributed by atoms with Gasteiger partial charge in [0.15, 0.2) is 0 Å². The zero-order valence-electron chi connectivity index (χ0n) is 7.16. The molecule has 1 aromatic rings. The van der Waals surface area contributed by atoms with Crippen LogP contribution in [-0.2, 0) is 6.42 Å². The Morgan fingerprint density at radius 3 is 3.15 bits per heavy atom. The lowest BCUT2D eigenvalue weighted by Gasteiger charge is -2.23. The molecule has 3 heteroatoms. The Kier molecular flexibility index (Phi) is 2.19. The first kappa shape index (κ1) is 8.51. The molecule has 0 amide bonds. The molecule has 0 radical (unpaired) electrons. The van der Waals surface area contributed by atoms with Crippen molar-refractivity contribution in [2.24, 2.45) is 5.92 Å². The largest absolute Gasteiger partial charge is 0.493 e. The van der Waals surface area contributed by atoms with Gasteiger partial charge in [0.05, 0.1) is 6.61 Å². The van der Waals surface area contributed by atoms with Crippen LogP contribution in [0, 0.1) is 11.7 Å². The van der Waals surface area contributed by atoms with Gasteiger partial charge in [0.25, 0.3) is 0 Å². The molecule has 1 aliphatic rings. The summed E-state index contributed by atoms with van der Waals surface area (Å²) in [5, 5.41) is 8.91. The number of halogens is 1. The Bertz CT molecular complexity index is 312. The van der Waals surface area contributed by atoms with Gasteiger partial charge in [0, 0.05) is 12.5 Å². The molecule has 0 fully saturated rings. The standard InChI is InChI=1S/C10H11FO2/c11-9-1-2-10-8(4-9)3-7(5-12)6-13-10/h1-2,4,7,12H,3,5-6H2/t7-/m0/s1. The minimum absolute atomic E-state index is 0.0932. The summed E-state index contributed by atoms with van der Waals surface area (Å²) in [5.41, 5.74) is 0.852. The lowest BCUT2D eigenvalue weighted by Crippen LogP contribution is -2.23. The number of rotatable bonds is 1. The van der Waals surface area contributed by atoms with Crippen molar-refractivity contribution in [1.82, 2.24) is 0 Å². The van der Waals surface area contributed by atoms with Crippen molar-refractivity contribution in [3.63, 3.8) is 0 Å². The average Bonchev–Trinajstić information content (AvgIpc) is 2.16. The molecule has 1 aromatic carbocycles. The van der Waals surface area contributed by atoms with Gasteiger partial charge in [-0.2, -0.15) is 0 Å². The molecule has 1 atom stereocenters. The van der Waals surface area contributed by atoms with E-state index in [0.29, 0.717) is 13.0 Å². The van der Waals surface area contributed by atoms with Gasteiger partial charge in [0.1, 0.15) is 11.6 Å². The van der Waals surface area contributed by atoms with E-state index in [0.717, 1.165) is 11.3 Å². The first-order valence-corrected chi connectivity index (χ1v) is 4.31. The maximum Gasteiger partial charge on any atom is 0.123 e. The highest BCUT2D eigenvalue weighted by molar-refractivity contribution is 5.35. The third-order valence-electron chi connectivity index (χ3n) is 2.26. The Morgan fingerprint density at radius 2 is 2.38 bits per heavy atom. The molecule has 0 bridgehead atoms. The molecule has 0 aliphatic carbocycles. The van der Waals surface area contributed by atoms with Gasteiger partial charge in [0.2, 0.25) is 0 Å². The van der Waals surface area contributed by atoms with Crippen molar-refractivity contribution in [2.45, 2.75) is 6.42 Å². The maximum absolute atomic E-state index is 12.8. The number of fused-ring (bicyclic) bond motifs is 1. The predicted molar refractivity (Wildman–Crippen MR) is 46.2 cm³/mol. The topological polar surface area (TPSA) is 29.5 Å². The minimum Gasteiger partial charge on any atom is -0.493 e. The summed E-state index contributed by atoms with van der Waals surface area (Å²) in [4.78, 5) is 0. The molecule has 70 valence electrons. The average molecular weight is 182 g/mol. The highest BCUT2D eigenvalue weighted by Crippen LogP contribution is 2.27. The summed E-state index contributed by atoms with van der Waals surface area (Å²) < 4.78 is 18.2. The molecule has 1 aliphatic heterocycles. The first-order valence-electron chi connectivity index (χ1n) is 4.31. The van der Waals surface area contributed by atoms with Crippen LogP contribution in [0.4, 0.5) is 4.39 Å². The Hall–Kier alpha value is -1.09. The number of hydrogen-bond acceptors (Lipinski definition) is 2. The van der Waals surface area contributed by atoms with E-state index in [-0.39, 0.29) is 18.3 Å². The van der Waals surface area contributed by atoms with Gasteiger partial charge < -0.3 is 9.84 Å². The summed E-state index contributed by atoms with van der Waals surface area (Å²) >= 11 is 0. The molecule has 13 heavy (non-hydrogen) atoms. The van der Waals surface area contributed by atoms with Crippen LogP contribution in [0.1, 0.15) is 5.56 Å². The maximum atomic E-state index is 12.8. The van der Waals surface area contributed by atoms with Gasteiger partial charge in [-0.15, -0.1) is 0 Å². The molecule has 0 saturated heterocycles. The second-order valence-electron chi connectivity index (χ2n) is 3.32. The zero-order valence-corrected chi connectivity index (χ0v) is 7.16. The van der Waals surface area contributed by atoms with Gasteiger partial charge >= 0.3 is 0 Å². The molecular weight excluding hydrogens is 171 g/mol. The van der Waals surface area contributed by atoms with Gasteiger partial charge in [-0.1, -0.05) is 0 Å². The molecule has 2 nitrogen and oxygen atoms in total. The fraction of sp³-hybridized carbons (Fsp3) is 0.400. The molecule has 0 spiro atoms. The minimum atomic E-state index is -0.249. The van der Waals surface area contributed by atoms with Crippen LogP contribution < -0.4 is 4.74 Å². The van der Waals surface area contributed by atoms with Crippen LogP contribution in [0.25, 0.3) is 0 Å². The SMILES string of the molecule is OC[C@H]1COc2ccc(F)cc2C1. The fourth-order valence-corrected chi connectivity index (χ4v) is 1.54. The number of aliphatic hydroxyl groups excluding tert-OH is 1. The number of aliphatic hydroxyl groups is 1. The number of ether oxygens (including phenoxy) is 1. The van der Waals surface area contributed by atoms with Crippen LogP contribution in [0.15, 0.2) is 18.2 Å². The van der Waals surface area contributed by atoms with Crippen molar-refractivity contribution in [3.05, 3.63) is 29.6 Å². The van der Waals surface area contributed by atoms with E-state index in [1.54, 1.807) is 6.07 Å². The predicted octanol–water partition coefficient (Wildman–Crippen LogP) is 1.37. The van der Waals surface area contributed by atoms with Gasteiger partial charge in [-0.25, -0.2) is 4.39 Å². The molecule has 0 saturated carbocycles. The van der Waals surface area contributed by atoms with Crippen LogP contribution in [0.3, 0.4) is 0 Å². The summed E-state index contributed by atoms with van der Waals surface area (Å²) in [6.07, 6.45) is 0.698. The highest BCUT2D eigenvalue weighted by Gasteiger charge is 2.19. The Balaban J connectivity index is 2.27. The number of hydrogen-bond donors (Lipinski definition) is 1. The van der Waals surface area contributed by atoms with Gasteiger partial charge in [-0.3, -0.25) is 0 Å². The van der Waals surface area contributed by atoms with E-state index >= 15 is 0 Å². The third kappa shape index (κ3) is 1.65.